The first-order chi connectivity index (χ1) is 7.06. The van der Waals surface area contributed by atoms with Crippen LogP contribution >= 0.6 is 0 Å². The molecule has 15 heavy (non-hydrogen) atoms. The summed E-state index contributed by atoms with van der Waals surface area (Å²) < 4.78 is 25.9. The maximum absolute atomic E-state index is 12.1. The average molecular weight is 232 g/mol. The number of nitrogens with zero attached hydrogens (tertiary/aromatic N) is 1. The van der Waals surface area contributed by atoms with Crippen LogP contribution in [-0.4, -0.2) is 36.6 Å². The van der Waals surface area contributed by atoms with E-state index in [2.05, 4.69) is 0 Å². The van der Waals surface area contributed by atoms with Gasteiger partial charge in [-0.3, -0.25) is 0 Å². The molecule has 2 aliphatic rings. The largest absolute Gasteiger partial charge is 0.326 e. The minimum absolute atomic E-state index is 0.0696. The van der Waals surface area contributed by atoms with Gasteiger partial charge in [0.05, 0.1) is 5.75 Å². The van der Waals surface area contributed by atoms with E-state index in [4.69, 9.17) is 5.73 Å². The van der Waals surface area contributed by atoms with E-state index in [9.17, 15) is 8.42 Å². The van der Waals surface area contributed by atoms with Crippen LogP contribution < -0.4 is 5.73 Å². The zero-order valence-corrected chi connectivity index (χ0v) is 10.0. The van der Waals surface area contributed by atoms with Gasteiger partial charge in [-0.2, -0.15) is 4.31 Å². The Bertz CT molecular complexity index is 328. The highest BCUT2D eigenvalue weighted by atomic mass is 32.2. The summed E-state index contributed by atoms with van der Waals surface area (Å²) >= 11 is 0. The van der Waals surface area contributed by atoms with Gasteiger partial charge in [0.15, 0.2) is 0 Å². The predicted octanol–water partition coefficient (Wildman–Crippen LogP) is 0.680. The molecule has 0 saturated carbocycles. The summed E-state index contributed by atoms with van der Waals surface area (Å²) in [5.74, 6) is 0.295. The third-order valence-electron chi connectivity index (χ3n) is 3.60. The SMILES string of the molecule is CCCCS(=O)(=O)N1C2CCC1C(N)C2. The lowest BCUT2D eigenvalue weighted by Gasteiger charge is -2.22. The maximum Gasteiger partial charge on any atom is 0.214 e. The number of hydrogen-bond acceptors (Lipinski definition) is 3. The van der Waals surface area contributed by atoms with Crippen molar-refractivity contribution in [2.24, 2.45) is 5.73 Å². The Labute approximate surface area is 91.9 Å². The molecular weight excluding hydrogens is 212 g/mol. The van der Waals surface area contributed by atoms with Gasteiger partial charge < -0.3 is 5.73 Å². The van der Waals surface area contributed by atoms with Crippen LogP contribution in [0.3, 0.4) is 0 Å². The number of sulfonamides is 1. The van der Waals surface area contributed by atoms with E-state index in [1.807, 2.05) is 6.92 Å². The summed E-state index contributed by atoms with van der Waals surface area (Å²) in [5.41, 5.74) is 5.93. The van der Waals surface area contributed by atoms with E-state index < -0.39 is 10.0 Å². The molecule has 2 N–H and O–H groups in total. The Morgan fingerprint density at radius 1 is 1.40 bits per heavy atom. The summed E-state index contributed by atoms with van der Waals surface area (Å²) in [6.07, 6.45) is 4.50. The van der Waals surface area contributed by atoms with Gasteiger partial charge in [0.1, 0.15) is 0 Å². The molecule has 0 aromatic carbocycles. The molecule has 0 aromatic rings. The minimum atomic E-state index is -3.04. The molecule has 3 unspecified atom stereocenters. The Kier molecular flexibility index (Phi) is 3.05. The maximum atomic E-state index is 12.1. The van der Waals surface area contributed by atoms with Gasteiger partial charge in [-0.1, -0.05) is 13.3 Å². The van der Waals surface area contributed by atoms with Crippen LogP contribution in [0.15, 0.2) is 0 Å². The zero-order chi connectivity index (χ0) is 11.1. The molecule has 88 valence electrons. The van der Waals surface area contributed by atoms with Crippen LogP contribution in [0.1, 0.15) is 39.0 Å². The van der Waals surface area contributed by atoms with Crippen molar-refractivity contribution in [2.75, 3.05) is 5.75 Å². The first-order valence-corrected chi connectivity index (χ1v) is 7.44. The Balaban J connectivity index is 2.11. The van der Waals surface area contributed by atoms with E-state index in [1.54, 1.807) is 4.31 Å². The van der Waals surface area contributed by atoms with Crippen LogP contribution in [-0.2, 0) is 10.0 Å². The van der Waals surface area contributed by atoms with Gasteiger partial charge in [0, 0.05) is 18.1 Å². The Morgan fingerprint density at radius 2 is 2.13 bits per heavy atom. The molecule has 2 heterocycles. The van der Waals surface area contributed by atoms with Gasteiger partial charge in [-0.05, 0) is 25.7 Å². The van der Waals surface area contributed by atoms with Crippen LogP contribution in [0.2, 0.25) is 0 Å². The van der Waals surface area contributed by atoms with E-state index in [-0.39, 0.29) is 18.1 Å². The van der Waals surface area contributed by atoms with E-state index >= 15 is 0 Å². The lowest BCUT2D eigenvalue weighted by molar-refractivity contribution is 0.387. The normalized spacial score (nSPS) is 36.3. The van der Waals surface area contributed by atoms with Crippen molar-refractivity contribution in [1.29, 1.82) is 0 Å². The van der Waals surface area contributed by atoms with Crippen molar-refractivity contribution in [3.05, 3.63) is 0 Å². The number of rotatable bonds is 4. The second kappa shape index (κ2) is 4.03. The molecule has 2 rings (SSSR count). The van der Waals surface area contributed by atoms with Gasteiger partial charge >= 0.3 is 0 Å². The van der Waals surface area contributed by atoms with Crippen molar-refractivity contribution in [1.82, 2.24) is 4.31 Å². The fourth-order valence-corrected chi connectivity index (χ4v) is 5.03. The molecule has 0 aliphatic carbocycles. The molecule has 0 aromatic heterocycles. The van der Waals surface area contributed by atoms with Crippen LogP contribution in [0.4, 0.5) is 0 Å². The van der Waals surface area contributed by atoms with E-state index in [0.717, 1.165) is 32.1 Å². The summed E-state index contributed by atoms with van der Waals surface area (Å²) in [6.45, 7) is 2.01. The van der Waals surface area contributed by atoms with Crippen molar-refractivity contribution < 1.29 is 8.42 Å². The standard InChI is InChI=1S/C10H20N2O2S/c1-2-3-6-15(13,14)12-8-4-5-10(12)9(11)7-8/h8-10H,2-7,11H2,1H3. The van der Waals surface area contributed by atoms with Crippen LogP contribution in [0.25, 0.3) is 0 Å². The first kappa shape index (κ1) is 11.4. The molecule has 2 aliphatic heterocycles. The summed E-state index contributed by atoms with van der Waals surface area (Å²) in [7, 11) is -3.04. The monoisotopic (exact) mass is 232 g/mol. The second-order valence-electron chi connectivity index (χ2n) is 4.70. The molecule has 3 atom stereocenters. The van der Waals surface area contributed by atoms with E-state index in [0.29, 0.717) is 5.75 Å². The van der Waals surface area contributed by atoms with Crippen molar-refractivity contribution in [2.45, 2.75) is 57.2 Å². The average Bonchev–Trinajstić information content (AvgIpc) is 2.71. The van der Waals surface area contributed by atoms with Gasteiger partial charge in [0.25, 0.3) is 0 Å². The molecule has 0 spiro atoms. The molecule has 0 amide bonds. The molecule has 4 nitrogen and oxygen atoms in total. The topological polar surface area (TPSA) is 63.4 Å². The highest BCUT2D eigenvalue weighted by Crippen LogP contribution is 2.39. The predicted molar refractivity (Wildman–Crippen MR) is 59.9 cm³/mol. The molecule has 2 bridgehead atoms. The van der Waals surface area contributed by atoms with Gasteiger partial charge in [0.2, 0.25) is 10.0 Å². The lowest BCUT2D eigenvalue weighted by atomic mass is 9.97. The third kappa shape index (κ3) is 1.92. The van der Waals surface area contributed by atoms with Crippen molar-refractivity contribution in [3.63, 3.8) is 0 Å². The Morgan fingerprint density at radius 3 is 2.60 bits per heavy atom. The van der Waals surface area contributed by atoms with Crippen molar-refractivity contribution >= 4 is 10.0 Å². The van der Waals surface area contributed by atoms with Gasteiger partial charge in [-0.15, -0.1) is 0 Å². The third-order valence-corrected chi connectivity index (χ3v) is 5.61. The smallest absolute Gasteiger partial charge is 0.214 e. The fourth-order valence-electron chi connectivity index (χ4n) is 2.85. The highest BCUT2D eigenvalue weighted by molar-refractivity contribution is 7.89. The molecule has 0 radical (unpaired) electrons. The number of nitrogens with two attached hydrogens (primary N) is 1. The number of unbranched alkanes of at least 4 members (excludes halogenated alkanes) is 1. The molecule has 2 saturated heterocycles. The zero-order valence-electron chi connectivity index (χ0n) is 9.22. The Hall–Kier alpha value is -0.130. The second-order valence-corrected chi connectivity index (χ2v) is 6.69. The molecule has 2 fully saturated rings. The summed E-state index contributed by atoms with van der Waals surface area (Å²) in [5, 5.41) is 0. The quantitative estimate of drug-likeness (QED) is 0.775. The van der Waals surface area contributed by atoms with Crippen LogP contribution in [0.5, 0.6) is 0 Å². The summed E-state index contributed by atoms with van der Waals surface area (Å²) in [4.78, 5) is 0. The van der Waals surface area contributed by atoms with Gasteiger partial charge in [-0.25, -0.2) is 8.42 Å². The summed E-state index contributed by atoms with van der Waals surface area (Å²) in [6, 6.07) is 0.365. The molecule has 5 heteroatoms. The van der Waals surface area contributed by atoms with E-state index in [1.165, 1.54) is 0 Å². The minimum Gasteiger partial charge on any atom is -0.326 e. The highest BCUT2D eigenvalue weighted by Gasteiger charge is 2.49. The van der Waals surface area contributed by atoms with Crippen LogP contribution in [0, 0.1) is 0 Å². The number of hydrogen-bond donors (Lipinski definition) is 1. The first-order valence-electron chi connectivity index (χ1n) is 5.83. The lowest BCUT2D eigenvalue weighted by Crippen LogP contribution is -2.41. The molecular formula is C10H20N2O2S. The fraction of sp³-hybridized carbons (Fsp3) is 1.00. The van der Waals surface area contributed by atoms with Crippen molar-refractivity contribution in [3.8, 4) is 0 Å². The number of fused-ring (bicyclic) bond motifs is 2.